The van der Waals surface area contributed by atoms with Gasteiger partial charge in [-0.15, -0.1) is 0 Å². The molecule has 5 heteroatoms. The Kier molecular flexibility index (Phi) is 8.14. The molecule has 0 bridgehead atoms. The molecule has 1 aromatic rings. The molecular weight excluding hydrogens is 264 g/mol. The fourth-order valence-corrected chi connectivity index (χ4v) is 1.89. The first kappa shape index (κ1) is 16.9. The highest BCUT2D eigenvalue weighted by molar-refractivity contribution is 5.27. The molecule has 0 heterocycles. The minimum Gasteiger partial charge on any atom is -0.435 e. The van der Waals surface area contributed by atoms with Gasteiger partial charge in [-0.2, -0.15) is 8.78 Å². The van der Waals surface area contributed by atoms with E-state index in [4.69, 9.17) is 4.74 Å². The lowest BCUT2D eigenvalue weighted by atomic mass is 10.1. The largest absolute Gasteiger partial charge is 0.435 e. The molecule has 0 aromatic heterocycles. The Morgan fingerprint density at radius 2 is 1.90 bits per heavy atom. The number of rotatable bonds is 10. The third-order valence-electron chi connectivity index (χ3n) is 3.03. The molecule has 114 valence electrons. The molecular formula is C15H23F2NO2. The first-order valence-electron chi connectivity index (χ1n) is 6.88. The van der Waals surface area contributed by atoms with E-state index in [9.17, 15) is 8.78 Å². The van der Waals surface area contributed by atoms with Crippen LogP contribution in [0.2, 0.25) is 0 Å². The van der Waals surface area contributed by atoms with Gasteiger partial charge < -0.3 is 14.8 Å². The van der Waals surface area contributed by atoms with Crippen LogP contribution in [0.15, 0.2) is 24.3 Å². The van der Waals surface area contributed by atoms with Crippen LogP contribution in [-0.4, -0.2) is 32.9 Å². The van der Waals surface area contributed by atoms with Gasteiger partial charge in [0.2, 0.25) is 0 Å². The SMILES string of the molecule is COCCCNC(C)CCc1ccc(OC(F)F)cc1. The van der Waals surface area contributed by atoms with E-state index >= 15 is 0 Å². The van der Waals surface area contributed by atoms with Crippen molar-refractivity contribution in [2.24, 2.45) is 0 Å². The highest BCUT2D eigenvalue weighted by Gasteiger charge is 2.05. The van der Waals surface area contributed by atoms with Crippen LogP contribution in [0.4, 0.5) is 8.78 Å². The average molecular weight is 287 g/mol. The molecule has 0 fully saturated rings. The topological polar surface area (TPSA) is 30.5 Å². The number of ether oxygens (including phenoxy) is 2. The quantitative estimate of drug-likeness (QED) is 0.670. The molecule has 0 aliphatic heterocycles. The first-order valence-corrected chi connectivity index (χ1v) is 6.88. The maximum atomic E-state index is 12.0. The Morgan fingerprint density at radius 1 is 1.20 bits per heavy atom. The second-order valence-corrected chi connectivity index (χ2v) is 4.76. The molecule has 3 nitrogen and oxygen atoms in total. The van der Waals surface area contributed by atoms with Crippen LogP contribution in [0.5, 0.6) is 5.75 Å². The van der Waals surface area contributed by atoms with Gasteiger partial charge >= 0.3 is 6.61 Å². The predicted octanol–water partition coefficient (Wildman–Crippen LogP) is 3.24. The number of alkyl halides is 2. The van der Waals surface area contributed by atoms with Crippen LogP contribution in [0.3, 0.4) is 0 Å². The van der Waals surface area contributed by atoms with Crippen LogP contribution in [0, 0.1) is 0 Å². The van der Waals surface area contributed by atoms with Crippen molar-refractivity contribution in [3.8, 4) is 5.75 Å². The number of hydrogen-bond acceptors (Lipinski definition) is 3. The molecule has 0 saturated heterocycles. The molecule has 1 unspecified atom stereocenters. The maximum Gasteiger partial charge on any atom is 0.387 e. The van der Waals surface area contributed by atoms with E-state index in [2.05, 4.69) is 17.0 Å². The van der Waals surface area contributed by atoms with Gasteiger partial charge in [-0.25, -0.2) is 0 Å². The van der Waals surface area contributed by atoms with Gasteiger partial charge in [0.05, 0.1) is 0 Å². The van der Waals surface area contributed by atoms with Crippen LogP contribution in [0.25, 0.3) is 0 Å². The minimum absolute atomic E-state index is 0.203. The van der Waals surface area contributed by atoms with Gasteiger partial charge in [0.1, 0.15) is 5.75 Å². The number of methoxy groups -OCH3 is 1. The lowest BCUT2D eigenvalue weighted by Gasteiger charge is -2.13. The Morgan fingerprint density at radius 3 is 2.50 bits per heavy atom. The van der Waals surface area contributed by atoms with Crippen molar-refractivity contribution in [3.63, 3.8) is 0 Å². The number of aryl methyl sites for hydroxylation is 1. The molecule has 0 aliphatic rings. The van der Waals surface area contributed by atoms with Crippen molar-refractivity contribution in [2.45, 2.75) is 38.8 Å². The normalized spacial score (nSPS) is 12.7. The van der Waals surface area contributed by atoms with E-state index in [0.29, 0.717) is 6.04 Å². The lowest BCUT2D eigenvalue weighted by Crippen LogP contribution is -2.28. The van der Waals surface area contributed by atoms with Crippen LogP contribution >= 0.6 is 0 Å². The van der Waals surface area contributed by atoms with Gasteiger partial charge in [-0.3, -0.25) is 0 Å². The predicted molar refractivity (Wildman–Crippen MR) is 75.4 cm³/mol. The van der Waals surface area contributed by atoms with Crippen molar-refractivity contribution < 1.29 is 18.3 Å². The zero-order valence-electron chi connectivity index (χ0n) is 12.1. The van der Waals surface area contributed by atoms with E-state index in [0.717, 1.165) is 38.0 Å². The number of halogens is 2. The van der Waals surface area contributed by atoms with E-state index in [1.165, 1.54) is 0 Å². The Labute approximate surface area is 119 Å². The Hall–Kier alpha value is -1.20. The van der Waals surface area contributed by atoms with Gasteiger partial charge in [-0.05, 0) is 50.4 Å². The van der Waals surface area contributed by atoms with Crippen LogP contribution in [-0.2, 0) is 11.2 Å². The van der Waals surface area contributed by atoms with Crippen molar-refractivity contribution in [2.75, 3.05) is 20.3 Å². The number of benzene rings is 1. The zero-order valence-corrected chi connectivity index (χ0v) is 12.1. The Bertz CT molecular complexity index is 357. The molecule has 0 spiro atoms. The highest BCUT2D eigenvalue weighted by Crippen LogP contribution is 2.16. The van der Waals surface area contributed by atoms with Gasteiger partial charge in [-0.1, -0.05) is 12.1 Å². The summed E-state index contributed by atoms with van der Waals surface area (Å²) in [5.41, 5.74) is 1.12. The summed E-state index contributed by atoms with van der Waals surface area (Å²) in [6.45, 7) is 1.08. The van der Waals surface area contributed by atoms with Crippen LogP contribution < -0.4 is 10.1 Å². The number of hydrogen-bond donors (Lipinski definition) is 1. The van der Waals surface area contributed by atoms with Gasteiger partial charge in [0.15, 0.2) is 0 Å². The molecule has 0 saturated carbocycles. The standard InChI is InChI=1S/C15H23F2NO2/c1-12(18-10-3-11-19-2)4-5-13-6-8-14(9-7-13)20-15(16)17/h6-9,12,15,18H,3-5,10-11H2,1-2H3. The van der Waals surface area contributed by atoms with E-state index < -0.39 is 6.61 Å². The molecule has 0 radical (unpaired) electrons. The molecule has 1 N–H and O–H groups in total. The summed E-state index contributed by atoms with van der Waals surface area (Å²) >= 11 is 0. The lowest BCUT2D eigenvalue weighted by molar-refractivity contribution is -0.0498. The van der Waals surface area contributed by atoms with Crippen molar-refractivity contribution in [3.05, 3.63) is 29.8 Å². The molecule has 0 amide bonds. The molecule has 1 aromatic carbocycles. The van der Waals surface area contributed by atoms with Crippen LogP contribution in [0.1, 0.15) is 25.3 Å². The van der Waals surface area contributed by atoms with E-state index in [-0.39, 0.29) is 5.75 Å². The first-order chi connectivity index (χ1) is 9.61. The van der Waals surface area contributed by atoms with Crippen molar-refractivity contribution in [1.29, 1.82) is 0 Å². The summed E-state index contributed by atoms with van der Waals surface area (Å²) in [6.07, 6.45) is 2.91. The summed E-state index contributed by atoms with van der Waals surface area (Å²) in [5.74, 6) is 0.203. The van der Waals surface area contributed by atoms with E-state index in [1.807, 2.05) is 12.1 Å². The van der Waals surface area contributed by atoms with Crippen molar-refractivity contribution in [1.82, 2.24) is 5.32 Å². The second-order valence-electron chi connectivity index (χ2n) is 4.76. The summed E-state index contributed by atoms with van der Waals surface area (Å²) in [7, 11) is 1.70. The van der Waals surface area contributed by atoms with Crippen molar-refractivity contribution >= 4 is 0 Å². The second kappa shape index (κ2) is 9.66. The minimum atomic E-state index is -2.77. The number of nitrogens with one attached hydrogen (secondary N) is 1. The monoisotopic (exact) mass is 287 g/mol. The molecule has 0 aliphatic carbocycles. The summed E-state index contributed by atoms with van der Waals surface area (Å²) < 4.78 is 33.3. The van der Waals surface area contributed by atoms with Gasteiger partial charge in [0, 0.05) is 19.8 Å². The fourth-order valence-electron chi connectivity index (χ4n) is 1.89. The van der Waals surface area contributed by atoms with Gasteiger partial charge in [0.25, 0.3) is 0 Å². The Balaban J connectivity index is 2.23. The zero-order chi connectivity index (χ0) is 14.8. The summed E-state index contributed by atoms with van der Waals surface area (Å²) in [6, 6.07) is 7.24. The highest BCUT2D eigenvalue weighted by atomic mass is 19.3. The fraction of sp³-hybridized carbons (Fsp3) is 0.600. The van der Waals surface area contributed by atoms with E-state index in [1.54, 1.807) is 19.2 Å². The third-order valence-corrected chi connectivity index (χ3v) is 3.03. The molecule has 1 atom stereocenters. The summed E-state index contributed by atoms with van der Waals surface area (Å²) in [4.78, 5) is 0. The smallest absolute Gasteiger partial charge is 0.387 e. The maximum absolute atomic E-state index is 12.0. The average Bonchev–Trinajstić information content (AvgIpc) is 2.42. The molecule has 1 rings (SSSR count). The summed E-state index contributed by atoms with van der Waals surface area (Å²) in [5, 5.41) is 3.42. The molecule has 20 heavy (non-hydrogen) atoms. The third kappa shape index (κ3) is 7.40.